The molecule has 7 heteroatoms. The summed E-state index contributed by atoms with van der Waals surface area (Å²) in [5.41, 5.74) is 6.41. The summed E-state index contributed by atoms with van der Waals surface area (Å²) in [5.74, 6) is -0.519. The Morgan fingerprint density at radius 2 is 2.28 bits per heavy atom. The van der Waals surface area contributed by atoms with Crippen molar-refractivity contribution in [2.24, 2.45) is 10.9 Å². The molecule has 0 radical (unpaired) electrons. The molecule has 1 heterocycles. The summed E-state index contributed by atoms with van der Waals surface area (Å²) in [5, 5.41) is 17.8. The summed E-state index contributed by atoms with van der Waals surface area (Å²) in [7, 11) is 0. The van der Waals surface area contributed by atoms with E-state index in [-0.39, 0.29) is 23.0 Å². The van der Waals surface area contributed by atoms with Crippen LogP contribution in [0, 0.1) is 12.7 Å². The number of nitrogens with zero attached hydrogens (tertiary/aromatic N) is 2. The van der Waals surface area contributed by atoms with Crippen LogP contribution < -0.4 is 10.5 Å². The molecular weight excluding hydrogens is 239 g/mol. The van der Waals surface area contributed by atoms with Crippen LogP contribution in [0.25, 0.3) is 0 Å². The number of rotatable bonds is 3. The molecule has 94 valence electrons. The van der Waals surface area contributed by atoms with E-state index in [4.69, 9.17) is 15.7 Å². The molecule has 0 atom stereocenters. The second-order valence-electron chi connectivity index (χ2n) is 3.62. The fraction of sp³-hybridized carbons (Fsp3) is 0.0909. The minimum atomic E-state index is -0.625. The van der Waals surface area contributed by atoms with Gasteiger partial charge in [0.25, 0.3) is 0 Å². The third kappa shape index (κ3) is 2.40. The van der Waals surface area contributed by atoms with Gasteiger partial charge < -0.3 is 15.7 Å². The molecule has 2 rings (SSSR count). The van der Waals surface area contributed by atoms with E-state index < -0.39 is 5.82 Å². The Labute approximate surface area is 102 Å². The van der Waals surface area contributed by atoms with Gasteiger partial charge in [0, 0.05) is 17.3 Å². The highest BCUT2D eigenvalue weighted by molar-refractivity contribution is 5.97. The molecule has 0 saturated heterocycles. The Morgan fingerprint density at radius 1 is 1.50 bits per heavy atom. The minimum Gasteiger partial charge on any atom is -0.434 e. The first-order valence-electron chi connectivity index (χ1n) is 5.07. The molecular formula is C11H11FN4O2. The van der Waals surface area contributed by atoms with Gasteiger partial charge in [0.2, 0.25) is 5.88 Å². The van der Waals surface area contributed by atoms with E-state index in [9.17, 15) is 4.39 Å². The van der Waals surface area contributed by atoms with Crippen LogP contribution in [-0.4, -0.2) is 21.2 Å². The molecule has 0 saturated carbocycles. The maximum Gasteiger partial charge on any atom is 0.238 e. The third-order valence-electron chi connectivity index (χ3n) is 2.23. The molecule has 4 N–H and O–H groups in total. The average Bonchev–Trinajstić information content (AvgIpc) is 2.76. The first-order valence-corrected chi connectivity index (χ1v) is 5.07. The number of aryl methyl sites for hydroxylation is 1. The van der Waals surface area contributed by atoms with Crippen LogP contribution in [-0.2, 0) is 0 Å². The van der Waals surface area contributed by atoms with Crippen molar-refractivity contribution in [2.75, 3.05) is 0 Å². The van der Waals surface area contributed by atoms with Crippen LogP contribution in [0.2, 0.25) is 0 Å². The van der Waals surface area contributed by atoms with E-state index in [1.165, 1.54) is 12.1 Å². The molecule has 0 unspecified atom stereocenters. The van der Waals surface area contributed by atoms with E-state index in [1.807, 2.05) is 0 Å². The lowest BCUT2D eigenvalue weighted by molar-refractivity contribution is 0.318. The molecule has 0 spiro atoms. The van der Waals surface area contributed by atoms with Crippen molar-refractivity contribution in [2.45, 2.75) is 6.92 Å². The van der Waals surface area contributed by atoms with Gasteiger partial charge in [0.15, 0.2) is 17.4 Å². The number of halogens is 1. The zero-order chi connectivity index (χ0) is 13.1. The number of ether oxygens (including phenoxy) is 1. The first-order chi connectivity index (χ1) is 8.60. The lowest BCUT2D eigenvalue weighted by Gasteiger charge is -2.05. The molecule has 1 aromatic carbocycles. The molecule has 6 nitrogen and oxygen atoms in total. The Balaban J connectivity index is 2.25. The molecule has 0 aliphatic rings. The summed E-state index contributed by atoms with van der Waals surface area (Å²) in [4.78, 5) is 0. The minimum absolute atomic E-state index is 0.0102. The van der Waals surface area contributed by atoms with Crippen LogP contribution in [0.15, 0.2) is 29.4 Å². The van der Waals surface area contributed by atoms with Gasteiger partial charge in [-0.3, -0.25) is 5.10 Å². The standard InChI is InChI=1S/C11H11FN4O2/c1-6-4-10(15-14-6)18-9-3-2-7(5-8(9)12)11(13)16-17/h2-5,17H,1H3,(H2,13,16)(H,14,15). The number of nitrogens with two attached hydrogens (primary N) is 1. The van der Waals surface area contributed by atoms with Gasteiger partial charge in [0.05, 0.1) is 0 Å². The van der Waals surface area contributed by atoms with Crippen molar-refractivity contribution < 1.29 is 14.3 Å². The Kier molecular flexibility index (Phi) is 3.13. The molecule has 1 aromatic heterocycles. The molecule has 0 aliphatic heterocycles. The molecule has 0 aliphatic carbocycles. The van der Waals surface area contributed by atoms with E-state index >= 15 is 0 Å². The lowest BCUT2D eigenvalue weighted by Crippen LogP contribution is -2.13. The maximum atomic E-state index is 13.7. The van der Waals surface area contributed by atoms with Gasteiger partial charge in [-0.2, -0.15) is 0 Å². The zero-order valence-corrected chi connectivity index (χ0v) is 9.51. The van der Waals surface area contributed by atoms with Gasteiger partial charge in [-0.05, 0) is 25.1 Å². The third-order valence-corrected chi connectivity index (χ3v) is 2.23. The predicted octanol–water partition coefficient (Wildman–Crippen LogP) is 1.74. The lowest BCUT2D eigenvalue weighted by atomic mass is 10.2. The Bertz CT molecular complexity index is 594. The highest BCUT2D eigenvalue weighted by atomic mass is 19.1. The van der Waals surface area contributed by atoms with E-state index in [0.29, 0.717) is 0 Å². The smallest absolute Gasteiger partial charge is 0.238 e. The number of aromatic amines is 1. The molecule has 0 amide bonds. The highest BCUT2D eigenvalue weighted by Crippen LogP contribution is 2.24. The van der Waals surface area contributed by atoms with Gasteiger partial charge in [-0.1, -0.05) is 5.16 Å². The van der Waals surface area contributed by atoms with Crippen molar-refractivity contribution in [3.05, 3.63) is 41.3 Å². The summed E-state index contributed by atoms with van der Waals surface area (Å²) >= 11 is 0. The number of hydrogen-bond acceptors (Lipinski definition) is 4. The molecule has 0 fully saturated rings. The van der Waals surface area contributed by atoms with Gasteiger partial charge in [-0.15, -0.1) is 5.10 Å². The quantitative estimate of drug-likeness (QED) is 0.334. The van der Waals surface area contributed by atoms with Crippen molar-refractivity contribution in [3.63, 3.8) is 0 Å². The van der Waals surface area contributed by atoms with E-state index in [1.54, 1.807) is 13.0 Å². The fourth-order valence-corrected chi connectivity index (χ4v) is 1.36. The number of nitrogens with one attached hydrogen (secondary N) is 1. The predicted molar refractivity (Wildman–Crippen MR) is 62.3 cm³/mol. The highest BCUT2D eigenvalue weighted by Gasteiger charge is 2.09. The van der Waals surface area contributed by atoms with Crippen LogP contribution in [0.4, 0.5) is 4.39 Å². The number of H-pyrrole nitrogens is 1. The van der Waals surface area contributed by atoms with Crippen LogP contribution in [0.3, 0.4) is 0 Å². The zero-order valence-electron chi connectivity index (χ0n) is 9.51. The van der Waals surface area contributed by atoms with Crippen LogP contribution >= 0.6 is 0 Å². The fourth-order valence-electron chi connectivity index (χ4n) is 1.36. The molecule has 0 bridgehead atoms. The summed E-state index contributed by atoms with van der Waals surface area (Å²) < 4.78 is 18.9. The van der Waals surface area contributed by atoms with Crippen molar-refractivity contribution >= 4 is 5.84 Å². The number of oxime groups is 1. The van der Waals surface area contributed by atoms with Crippen LogP contribution in [0.1, 0.15) is 11.3 Å². The van der Waals surface area contributed by atoms with Crippen molar-refractivity contribution in [1.82, 2.24) is 10.2 Å². The topological polar surface area (TPSA) is 96.5 Å². The maximum absolute atomic E-state index is 13.7. The van der Waals surface area contributed by atoms with Crippen LogP contribution in [0.5, 0.6) is 11.6 Å². The van der Waals surface area contributed by atoms with Gasteiger partial charge >= 0.3 is 0 Å². The monoisotopic (exact) mass is 250 g/mol. The Hall–Kier alpha value is -2.57. The second kappa shape index (κ2) is 4.74. The summed E-state index contributed by atoms with van der Waals surface area (Å²) in [6.45, 7) is 1.80. The number of aromatic nitrogens is 2. The van der Waals surface area contributed by atoms with Gasteiger partial charge in [0.1, 0.15) is 0 Å². The van der Waals surface area contributed by atoms with Gasteiger partial charge in [-0.25, -0.2) is 4.39 Å². The molecule has 2 aromatic rings. The number of benzene rings is 1. The SMILES string of the molecule is Cc1cc(Oc2ccc(/C(N)=N/O)cc2F)n[nH]1. The summed E-state index contributed by atoms with van der Waals surface area (Å²) in [6, 6.07) is 5.61. The van der Waals surface area contributed by atoms with E-state index in [0.717, 1.165) is 11.8 Å². The number of amidine groups is 1. The van der Waals surface area contributed by atoms with E-state index in [2.05, 4.69) is 15.4 Å². The Morgan fingerprint density at radius 3 is 2.83 bits per heavy atom. The molecule has 18 heavy (non-hydrogen) atoms. The summed E-state index contributed by atoms with van der Waals surface area (Å²) in [6.07, 6.45) is 0. The normalized spacial score (nSPS) is 11.6. The average molecular weight is 250 g/mol. The number of hydrogen-bond donors (Lipinski definition) is 3. The largest absolute Gasteiger partial charge is 0.434 e. The van der Waals surface area contributed by atoms with Crippen molar-refractivity contribution in [1.29, 1.82) is 0 Å². The second-order valence-corrected chi connectivity index (χ2v) is 3.62. The van der Waals surface area contributed by atoms with Crippen molar-refractivity contribution in [3.8, 4) is 11.6 Å². The first kappa shape index (κ1) is 11.9.